The third-order valence-electron chi connectivity index (χ3n) is 3.84. The number of anilines is 2. The molecule has 124 valence electrons. The standard InChI is InChI=1S/C16H16N4O4/c1-2-24-15(23)11-9(8-6-4-3-5-7-8)10-12(18-14(11)22)19-16(17)20-13(10)21/h3-7,9,11H,2H2,1H3,(H4,17,18,19,20,21,22)/t9-,11+/m1/s1. The van der Waals surface area contributed by atoms with Crippen LogP contribution in [0.4, 0.5) is 11.8 Å². The topological polar surface area (TPSA) is 127 Å². The number of H-pyrrole nitrogens is 1. The van der Waals surface area contributed by atoms with Gasteiger partial charge < -0.3 is 15.8 Å². The summed E-state index contributed by atoms with van der Waals surface area (Å²) < 4.78 is 5.03. The van der Waals surface area contributed by atoms with Crippen LogP contribution in [-0.2, 0) is 14.3 Å². The summed E-state index contributed by atoms with van der Waals surface area (Å²) >= 11 is 0. The van der Waals surface area contributed by atoms with Gasteiger partial charge in [-0.3, -0.25) is 19.4 Å². The van der Waals surface area contributed by atoms with Crippen LogP contribution >= 0.6 is 0 Å². The number of aromatic nitrogens is 2. The summed E-state index contributed by atoms with van der Waals surface area (Å²) in [6, 6.07) is 8.83. The average molecular weight is 328 g/mol. The van der Waals surface area contributed by atoms with Gasteiger partial charge in [0.1, 0.15) is 11.7 Å². The fourth-order valence-corrected chi connectivity index (χ4v) is 2.89. The zero-order chi connectivity index (χ0) is 17.3. The maximum Gasteiger partial charge on any atom is 0.319 e. The molecule has 4 N–H and O–H groups in total. The molecule has 1 aromatic carbocycles. The quantitative estimate of drug-likeness (QED) is 0.560. The van der Waals surface area contributed by atoms with Crippen LogP contribution in [0, 0.1) is 5.92 Å². The van der Waals surface area contributed by atoms with E-state index in [4.69, 9.17) is 10.5 Å². The number of amides is 1. The maximum absolute atomic E-state index is 12.5. The first kappa shape index (κ1) is 15.7. The Morgan fingerprint density at radius 1 is 1.29 bits per heavy atom. The SMILES string of the molecule is CCOC(=O)[C@@H]1C(=O)Nc2nc(N)[nH]c(=O)c2[C@H]1c1ccccc1. The van der Waals surface area contributed by atoms with Gasteiger partial charge in [0.05, 0.1) is 12.2 Å². The minimum Gasteiger partial charge on any atom is -0.465 e. The van der Waals surface area contributed by atoms with E-state index >= 15 is 0 Å². The van der Waals surface area contributed by atoms with Gasteiger partial charge in [-0.15, -0.1) is 0 Å². The lowest BCUT2D eigenvalue weighted by Crippen LogP contribution is -2.43. The van der Waals surface area contributed by atoms with E-state index in [1.54, 1.807) is 37.3 Å². The summed E-state index contributed by atoms with van der Waals surface area (Å²) in [5.74, 6) is -3.29. The number of hydrogen-bond acceptors (Lipinski definition) is 6. The number of rotatable bonds is 3. The second kappa shape index (κ2) is 6.15. The Balaban J connectivity index is 2.23. The molecule has 0 spiro atoms. The number of nitrogen functional groups attached to an aromatic ring is 1. The summed E-state index contributed by atoms with van der Waals surface area (Å²) in [6.07, 6.45) is 0. The van der Waals surface area contributed by atoms with Gasteiger partial charge in [-0.05, 0) is 12.5 Å². The van der Waals surface area contributed by atoms with Gasteiger partial charge in [-0.1, -0.05) is 30.3 Å². The molecule has 2 aromatic rings. The van der Waals surface area contributed by atoms with Gasteiger partial charge in [-0.25, -0.2) is 0 Å². The molecule has 1 aromatic heterocycles. The van der Waals surface area contributed by atoms with E-state index in [9.17, 15) is 14.4 Å². The van der Waals surface area contributed by atoms with Gasteiger partial charge in [0.15, 0.2) is 0 Å². The maximum atomic E-state index is 12.5. The smallest absolute Gasteiger partial charge is 0.319 e. The number of carbonyl (C=O) groups is 2. The Labute approximate surface area is 137 Å². The molecule has 0 saturated carbocycles. The first-order valence-electron chi connectivity index (χ1n) is 7.45. The third kappa shape index (κ3) is 2.62. The van der Waals surface area contributed by atoms with E-state index in [0.717, 1.165) is 0 Å². The van der Waals surface area contributed by atoms with E-state index in [2.05, 4.69) is 15.3 Å². The number of ether oxygens (including phenoxy) is 1. The van der Waals surface area contributed by atoms with E-state index in [1.807, 2.05) is 0 Å². The number of benzene rings is 1. The molecule has 2 heterocycles. The highest BCUT2D eigenvalue weighted by molar-refractivity contribution is 6.08. The van der Waals surface area contributed by atoms with E-state index in [0.29, 0.717) is 5.56 Å². The normalized spacial score (nSPS) is 19.3. The van der Waals surface area contributed by atoms with Crippen molar-refractivity contribution in [2.45, 2.75) is 12.8 Å². The molecule has 1 aliphatic heterocycles. The highest BCUT2D eigenvalue weighted by Crippen LogP contribution is 2.38. The van der Waals surface area contributed by atoms with Crippen molar-refractivity contribution in [2.75, 3.05) is 17.7 Å². The molecule has 0 radical (unpaired) electrons. The summed E-state index contributed by atoms with van der Waals surface area (Å²) in [5.41, 5.74) is 5.88. The largest absolute Gasteiger partial charge is 0.465 e. The number of fused-ring (bicyclic) bond motifs is 1. The van der Waals surface area contributed by atoms with Crippen molar-refractivity contribution < 1.29 is 14.3 Å². The zero-order valence-electron chi connectivity index (χ0n) is 12.9. The van der Waals surface area contributed by atoms with Crippen LogP contribution in [0.5, 0.6) is 0 Å². The molecule has 8 heteroatoms. The molecule has 0 bridgehead atoms. The van der Waals surface area contributed by atoms with Crippen LogP contribution in [0.1, 0.15) is 24.0 Å². The number of carbonyl (C=O) groups excluding carboxylic acids is 2. The van der Waals surface area contributed by atoms with Crippen molar-refractivity contribution in [2.24, 2.45) is 5.92 Å². The summed E-state index contributed by atoms with van der Waals surface area (Å²) in [6.45, 7) is 1.78. The lowest BCUT2D eigenvalue weighted by atomic mass is 9.78. The van der Waals surface area contributed by atoms with Gasteiger partial charge in [0, 0.05) is 5.92 Å². The molecule has 0 aliphatic carbocycles. The van der Waals surface area contributed by atoms with Gasteiger partial charge in [-0.2, -0.15) is 4.98 Å². The fourth-order valence-electron chi connectivity index (χ4n) is 2.89. The Morgan fingerprint density at radius 3 is 2.67 bits per heavy atom. The minimum atomic E-state index is -1.17. The highest BCUT2D eigenvalue weighted by atomic mass is 16.5. The van der Waals surface area contributed by atoms with E-state index in [-0.39, 0.29) is 23.9 Å². The number of esters is 1. The van der Waals surface area contributed by atoms with Crippen molar-refractivity contribution in [1.29, 1.82) is 0 Å². The van der Waals surface area contributed by atoms with Crippen LogP contribution in [0.25, 0.3) is 0 Å². The molecule has 1 amide bonds. The predicted molar refractivity (Wildman–Crippen MR) is 86.3 cm³/mol. The van der Waals surface area contributed by atoms with Crippen molar-refractivity contribution in [3.05, 3.63) is 51.8 Å². The average Bonchev–Trinajstić information content (AvgIpc) is 2.54. The fraction of sp³-hybridized carbons (Fsp3) is 0.250. The monoisotopic (exact) mass is 328 g/mol. The summed E-state index contributed by atoms with van der Waals surface area (Å²) in [4.78, 5) is 43.6. The predicted octanol–water partition coefficient (Wildman–Crippen LogP) is 0.615. The number of aromatic amines is 1. The van der Waals surface area contributed by atoms with Crippen LogP contribution < -0.4 is 16.6 Å². The van der Waals surface area contributed by atoms with Gasteiger partial charge >= 0.3 is 5.97 Å². The lowest BCUT2D eigenvalue weighted by molar-refractivity contribution is -0.151. The Bertz CT molecular complexity index is 847. The van der Waals surface area contributed by atoms with Crippen LogP contribution in [0.2, 0.25) is 0 Å². The number of nitrogens with one attached hydrogen (secondary N) is 2. The molecule has 0 saturated heterocycles. The molecule has 3 rings (SSSR count). The van der Waals surface area contributed by atoms with Crippen LogP contribution in [0.15, 0.2) is 35.1 Å². The van der Waals surface area contributed by atoms with Crippen molar-refractivity contribution in [3.63, 3.8) is 0 Å². The molecule has 1 aliphatic rings. The number of nitrogens with two attached hydrogens (primary N) is 1. The third-order valence-corrected chi connectivity index (χ3v) is 3.84. The molecule has 8 nitrogen and oxygen atoms in total. The molecule has 0 fully saturated rings. The Morgan fingerprint density at radius 2 is 2.00 bits per heavy atom. The highest BCUT2D eigenvalue weighted by Gasteiger charge is 2.44. The summed E-state index contributed by atoms with van der Waals surface area (Å²) in [7, 11) is 0. The van der Waals surface area contributed by atoms with E-state index < -0.39 is 29.3 Å². The summed E-state index contributed by atoms with van der Waals surface area (Å²) in [5, 5.41) is 2.48. The van der Waals surface area contributed by atoms with Crippen LogP contribution in [0.3, 0.4) is 0 Å². The van der Waals surface area contributed by atoms with Gasteiger partial charge in [0.25, 0.3) is 5.56 Å². The second-order valence-electron chi connectivity index (χ2n) is 5.32. The zero-order valence-corrected chi connectivity index (χ0v) is 12.9. The van der Waals surface area contributed by atoms with Crippen molar-refractivity contribution >= 4 is 23.6 Å². The van der Waals surface area contributed by atoms with E-state index in [1.165, 1.54) is 0 Å². The van der Waals surface area contributed by atoms with Crippen molar-refractivity contribution in [3.8, 4) is 0 Å². The van der Waals surface area contributed by atoms with Crippen LogP contribution in [-0.4, -0.2) is 28.5 Å². The van der Waals surface area contributed by atoms with Gasteiger partial charge in [0.2, 0.25) is 11.9 Å². The Kier molecular flexibility index (Phi) is 4.03. The lowest BCUT2D eigenvalue weighted by Gasteiger charge is -2.30. The molecule has 24 heavy (non-hydrogen) atoms. The molecule has 0 unspecified atom stereocenters. The number of nitrogens with zero attached hydrogens (tertiary/aromatic N) is 1. The first-order chi connectivity index (χ1) is 11.5. The van der Waals surface area contributed by atoms with Crippen molar-refractivity contribution in [1.82, 2.24) is 9.97 Å². The molecular formula is C16H16N4O4. The first-order valence-corrected chi connectivity index (χ1v) is 7.45. The number of hydrogen-bond donors (Lipinski definition) is 3. The Hall–Kier alpha value is -3.16. The second-order valence-corrected chi connectivity index (χ2v) is 5.32. The minimum absolute atomic E-state index is 0.0654. The molecular weight excluding hydrogens is 312 g/mol. The molecule has 2 atom stereocenters.